The van der Waals surface area contributed by atoms with Gasteiger partial charge in [-0.15, -0.1) is 0 Å². The molecule has 0 bridgehead atoms. The fourth-order valence-corrected chi connectivity index (χ4v) is 3.51. The second-order valence-corrected chi connectivity index (χ2v) is 6.40. The molecule has 6 nitrogen and oxygen atoms in total. The summed E-state index contributed by atoms with van der Waals surface area (Å²) in [7, 11) is 0. The predicted molar refractivity (Wildman–Crippen MR) is 95.9 cm³/mol. The van der Waals surface area contributed by atoms with Gasteiger partial charge in [0.25, 0.3) is 5.91 Å². The van der Waals surface area contributed by atoms with Gasteiger partial charge in [-0.1, -0.05) is 18.2 Å². The van der Waals surface area contributed by atoms with E-state index in [0.29, 0.717) is 25.2 Å². The highest BCUT2D eigenvalue weighted by atomic mass is 16.2. The molecule has 0 radical (unpaired) electrons. The Balaban J connectivity index is 1.54. The molecule has 3 heterocycles. The molecule has 0 aliphatic carbocycles. The maximum Gasteiger partial charge on any atom is 0.259 e. The number of nitrogens with zero attached hydrogens (tertiary/aromatic N) is 4. The Kier molecular flexibility index (Phi) is 4.09. The first kappa shape index (κ1) is 15.6. The van der Waals surface area contributed by atoms with E-state index in [1.54, 1.807) is 17.3 Å². The summed E-state index contributed by atoms with van der Waals surface area (Å²) in [6, 6.07) is 9.95. The van der Waals surface area contributed by atoms with Crippen LogP contribution in [0.15, 0.2) is 42.7 Å². The Bertz CT molecular complexity index is 800. The molecule has 6 heteroatoms. The van der Waals surface area contributed by atoms with E-state index in [1.165, 1.54) is 5.56 Å². The van der Waals surface area contributed by atoms with Gasteiger partial charge in [0.15, 0.2) is 0 Å². The zero-order valence-corrected chi connectivity index (χ0v) is 14.0. The quantitative estimate of drug-likeness (QED) is 0.798. The lowest BCUT2D eigenvalue weighted by atomic mass is 10.1. The lowest BCUT2D eigenvalue weighted by Crippen LogP contribution is -2.45. The maximum atomic E-state index is 13.0. The van der Waals surface area contributed by atoms with Crippen LogP contribution in [-0.2, 0) is 11.2 Å². The number of fused-ring (bicyclic) bond motifs is 1. The predicted octanol–water partition coefficient (Wildman–Crippen LogP) is 1.56. The largest absolute Gasteiger partial charge is 0.367 e. The molecule has 0 spiro atoms. The standard InChI is InChI=1S/C19H20N4O2/c24-14-21-7-9-22(10-8-21)17-11-16(12-20-13-17)19(25)23-6-5-15-3-1-2-4-18(15)23/h1-4,11-14H,5-10H2. The number of rotatable bonds is 3. The lowest BCUT2D eigenvalue weighted by Gasteiger charge is -2.34. The van der Waals surface area contributed by atoms with Gasteiger partial charge in [0, 0.05) is 44.6 Å². The highest BCUT2D eigenvalue weighted by Gasteiger charge is 2.26. The number of anilines is 2. The summed E-state index contributed by atoms with van der Waals surface area (Å²) in [5.74, 6) is -0.00849. The smallest absolute Gasteiger partial charge is 0.259 e. The molecule has 1 fully saturated rings. The van der Waals surface area contributed by atoms with Crippen molar-refractivity contribution in [3.63, 3.8) is 0 Å². The van der Waals surface area contributed by atoms with Gasteiger partial charge in [0.05, 0.1) is 17.4 Å². The average molecular weight is 336 g/mol. The first-order chi connectivity index (χ1) is 12.3. The molecule has 2 aromatic rings. The van der Waals surface area contributed by atoms with Crippen LogP contribution < -0.4 is 9.80 Å². The number of benzene rings is 1. The number of para-hydroxylation sites is 1. The zero-order chi connectivity index (χ0) is 17.2. The van der Waals surface area contributed by atoms with E-state index in [2.05, 4.69) is 16.0 Å². The van der Waals surface area contributed by atoms with Gasteiger partial charge < -0.3 is 14.7 Å². The van der Waals surface area contributed by atoms with Gasteiger partial charge >= 0.3 is 0 Å². The average Bonchev–Trinajstić information content (AvgIpc) is 3.12. The molecule has 2 aliphatic heterocycles. The summed E-state index contributed by atoms with van der Waals surface area (Å²) in [6.07, 6.45) is 5.20. The van der Waals surface area contributed by atoms with Crippen LogP contribution in [0.1, 0.15) is 15.9 Å². The Morgan fingerprint density at radius 2 is 1.84 bits per heavy atom. The molecule has 2 aliphatic rings. The molecule has 25 heavy (non-hydrogen) atoms. The van der Waals surface area contributed by atoms with Crippen LogP contribution in [0, 0.1) is 0 Å². The van der Waals surface area contributed by atoms with Crippen molar-refractivity contribution in [2.24, 2.45) is 0 Å². The lowest BCUT2D eigenvalue weighted by molar-refractivity contribution is -0.118. The van der Waals surface area contributed by atoms with E-state index in [1.807, 2.05) is 29.2 Å². The number of carbonyl (C=O) groups is 2. The van der Waals surface area contributed by atoms with Crippen LogP contribution in [0.4, 0.5) is 11.4 Å². The number of piperazine rings is 1. The summed E-state index contributed by atoms with van der Waals surface area (Å²) >= 11 is 0. The van der Waals surface area contributed by atoms with Crippen LogP contribution in [-0.4, -0.2) is 54.9 Å². The summed E-state index contributed by atoms with van der Waals surface area (Å²) in [4.78, 5) is 33.8. The number of amides is 2. The van der Waals surface area contributed by atoms with Crippen molar-refractivity contribution >= 4 is 23.7 Å². The fraction of sp³-hybridized carbons (Fsp3) is 0.316. The van der Waals surface area contributed by atoms with Crippen LogP contribution in [0.3, 0.4) is 0 Å². The van der Waals surface area contributed by atoms with E-state index in [-0.39, 0.29) is 5.91 Å². The minimum Gasteiger partial charge on any atom is -0.367 e. The highest BCUT2D eigenvalue weighted by molar-refractivity contribution is 6.07. The first-order valence-corrected chi connectivity index (χ1v) is 8.55. The Hall–Kier alpha value is -2.89. The Morgan fingerprint density at radius 3 is 2.64 bits per heavy atom. The van der Waals surface area contributed by atoms with Crippen molar-refractivity contribution in [3.8, 4) is 0 Å². The van der Waals surface area contributed by atoms with Gasteiger partial charge in [-0.05, 0) is 24.1 Å². The monoisotopic (exact) mass is 336 g/mol. The Morgan fingerprint density at radius 1 is 1.04 bits per heavy atom. The molecule has 0 atom stereocenters. The number of aromatic nitrogens is 1. The minimum atomic E-state index is -0.00849. The molecular weight excluding hydrogens is 316 g/mol. The van der Waals surface area contributed by atoms with Crippen LogP contribution in [0.5, 0.6) is 0 Å². The van der Waals surface area contributed by atoms with Gasteiger partial charge in [-0.3, -0.25) is 14.6 Å². The van der Waals surface area contributed by atoms with Crippen molar-refractivity contribution in [1.82, 2.24) is 9.88 Å². The summed E-state index contributed by atoms with van der Waals surface area (Å²) in [5.41, 5.74) is 3.75. The van der Waals surface area contributed by atoms with E-state index < -0.39 is 0 Å². The van der Waals surface area contributed by atoms with Crippen molar-refractivity contribution in [1.29, 1.82) is 0 Å². The maximum absolute atomic E-state index is 13.0. The molecule has 2 amide bonds. The van der Waals surface area contributed by atoms with Gasteiger partial charge in [-0.25, -0.2) is 0 Å². The van der Waals surface area contributed by atoms with Crippen LogP contribution in [0.25, 0.3) is 0 Å². The number of hydrogen-bond acceptors (Lipinski definition) is 4. The molecule has 4 rings (SSSR count). The third kappa shape index (κ3) is 2.95. The third-order valence-electron chi connectivity index (χ3n) is 4.93. The molecule has 128 valence electrons. The van der Waals surface area contributed by atoms with Crippen molar-refractivity contribution in [2.75, 3.05) is 42.5 Å². The molecular formula is C19H20N4O2. The number of pyridine rings is 1. The second-order valence-electron chi connectivity index (χ2n) is 6.40. The van der Waals surface area contributed by atoms with E-state index in [0.717, 1.165) is 37.3 Å². The Labute approximate surface area is 146 Å². The fourth-order valence-electron chi connectivity index (χ4n) is 3.51. The second kappa shape index (κ2) is 6.55. The van der Waals surface area contributed by atoms with Crippen molar-refractivity contribution < 1.29 is 9.59 Å². The van der Waals surface area contributed by atoms with E-state index in [4.69, 9.17) is 0 Å². The molecule has 0 unspecified atom stereocenters. The topological polar surface area (TPSA) is 56.8 Å². The third-order valence-corrected chi connectivity index (χ3v) is 4.93. The summed E-state index contributed by atoms with van der Waals surface area (Å²) < 4.78 is 0. The van der Waals surface area contributed by atoms with E-state index in [9.17, 15) is 9.59 Å². The summed E-state index contributed by atoms with van der Waals surface area (Å²) in [6.45, 7) is 3.61. The SMILES string of the molecule is O=CN1CCN(c2cncc(C(=O)N3CCc4ccccc43)c2)CC1. The summed E-state index contributed by atoms with van der Waals surface area (Å²) in [5, 5.41) is 0. The zero-order valence-electron chi connectivity index (χ0n) is 14.0. The molecule has 1 aromatic heterocycles. The van der Waals surface area contributed by atoms with Crippen LogP contribution >= 0.6 is 0 Å². The minimum absolute atomic E-state index is 0.00849. The van der Waals surface area contributed by atoms with E-state index >= 15 is 0 Å². The highest BCUT2D eigenvalue weighted by Crippen LogP contribution is 2.29. The number of carbonyl (C=O) groups excluding carboxylic acids is 2. The molecule has 0 N–H and O–H groups in total. The normalized spacial score (nSPS) is 16.7. The van der Waals surface area contributed by atoms with Gasteiger partial charge in [0.1, 0.15) is 0 Å². The first-order valence-electron chi connectivity index (χ1n) is 8.55. The molecule has 1 saturated heterocycles. The van der Waals surface area contributed by atoms with Gasteiger partial charge in [0.2, 0.25) is 6.41 Å². The molecule has 1 aromatic carbocycles. The van der Waals surface area contributed by atoms with Crippen molar-refractivity contribution in [3.05, 3.63) is 53.9 Å². The molecule has 0 saturated carbocycles. The number of hydrogen-bond donors (Lipinski definition) is 0. The van der Waals surface area contributed by atoms with Crippen molar-refractivity contribution in [2.45, 2.75) is 6.42 Å². The van der Waals surface area contributed by atoms with Crippen LogP contribution in [0.2, 0.25) is 0 Å². The van der Waals surface area contributed by atoms with Gasteiger partial charge in [-0.2, -0.15) is 0 Å².